The van der Waals surface area contributed by atoms with Crippen molar-refractivity contribution in [3.05, 3.63) is 68.4 Å². The molecule has 2 aliphatic rings. The molecule has 14 heteroatoms. The van der Waals surface area contributed by atoms with Crippen LogP contribution < -0.4 is 20.7 Å². The molecule has 3 heterocycles. The number of thiophene rings is 1. The number of amides is 1. The van der Waals surface area contributed by atoms with Crippen LogP contribution in [0.4, 0.5) is 13.2 Å². The zero-order chi connectivity index (χ0) is 29.1. The van der Waals surface area contributed by atoms with Gasteiger partial charge in [-0.3, -0.25) is 18.9 Å². The van der Waals surface area contributed by atoms with Gasteiger partial charge in [-0.2, -0.15) is 8.78 Å². The van der Waals surface area contributed by atoms with Gasteiger partial charge in [-0.05, 0) is 87.2 Å². The van der Waals surface area contributed by atoms with Gasteiger partial charge in [0.05, 0.1) is 16.5 Å². The van der Waals surface area contributed by atoms with Crippen LogP contribution in [0.2, 0.25) is 0 Å². The third-order valence-corrected chi connectivity index (χ3v) is 10.1. The lowest BCUT2D eigenvalue weighted by atomic mass is 10.1. The Labute approximate surface area is 239 Å². The van der Waals surface area contributed by atoms with Gasteiger partial charge >= 0.3 is 12.3 Å². The Balaban J connectivity index is 1.48. The molecule has 3 aromatic heterocycles. The first-order chi connectivity index (χ1) is 19.5. The summed E-state index contributed by atoms with van der Waals surface area (Å²) in [4.78, 5) is 46.4. The van der Waals surface area contributed by atoms with E-state index in [2.05, 4.69) is 14.4 Å². The molecular weight excluding hydrogens is 581 g/mol. The van der Waals surface area contributed by atoms with Crippen molar-refractivity contribution in [2.75, 3.05) is 0 Å². The van der Waals surface area contributed by atoms with Crippen LogP contribution in [-0.2, 0) is 23.3 Å². The average molecular weight is 607 g/mol. The maximum Gasteiger partial charge on any atom is 0.387 e. The highest BCUT2D eigenvalue weighted by molar-refractivity contribution is 7.99. The van der Waals surface area contributed by atoms with Crippen LogP contribution in [0.3, 0.4) is 0 Å². The first-order valence-electron chi connectivity index (χ1n) is 12.9. The van der Waals surface area contributed by atoms with Crippen molar-refractivity contribution in [3.63, 3.8) is 0 Å². The summed E-state index contributed by atoms with van der Waals surface area (Å²) < 4.78 is 55.3. The van der Waals surface area contributed by atoms with E-state index in [-0.39, 0.29) is 40.3 Å². The molecule has 2 fully saturated rings. The fourth-order valence-corrected chi connectivity index (χ4v) is 6.95. The SMILES string of the molecule is Cc1c(-c2ncco2)sc2c1c(=O)n(C1(C(=O)NSC3(C)CC3)CC1)c(=O)n2CCc1cc(F)ccc1OC(F)F. The highest BCUT2D eigenvalue weighted by atomic mass is 32.2. The lowest BCUT2D eigenvalue weighted by molar-refractivity contribution is -0.123. The zero-order valence-electron chi connectivity index (χ0n) is 22.0. The number of aryl methyl sites for hydroxylation is 3. The molecule has 4 aromatic rings. The molecule has 9 nitrogen and oxygen atoms in total. The Kier molecular flexibility index (Phi) is 6.80. The molecule has 6 rings (SSSR count). The topological polar surface area (TPSA) is 108 Å². The molecule has 0 radical (unpaired) electrons. The molecule has 1 N–H and O–H groups in total. The number of alkyl halides is 2. The average Bonchev–Trinajstić information content (AvgIpc) is 3.77. The second kappa shape index (κ2) is 10.1. The number of aromatic nitrogens is 3. The van der Waals surface area contributed by atoms with Crippen LogP contribution in [0, 0.1) is 12.7 Å². The highest BCUT2D eigenvalue weighted by Gasteiger charge is 2.55. The summed E-state index contributed by atoms with van der Waals surface area (Å²) in [6.45, 7) is 0.514. The summed E-state index contributed by atoms with van der Waals surface area (Å²) in [5, 5.41) is 0.229. The van der Waals surface area contributed by atoms with Crippen LogP contribution >= 0.6 is 23.3 Å². The van der Waals surface area contributed by atoms with E-state index in [1.165, 1.54) is 29.0 Å². The standard InChI is InChI=1S/C27H25F3N4O5S2/c1-14-18-21(35)34(27(8-9-27)23(36)32-41-26(2)6-7-26)25(37)33(22(18)40-19(14)20-31-10-12-38-20)11-5-15-13-16(28)3-4-17(15)39-24(29)30/h3-4,10,12-13,24H,5-9,11H2,1-2H3,(H,32,36). The number of nitrogens with one attached hydrogen (secondary N) is 1. The van der Waals surface area contributed by atoms with E-state index < -0.39 is 35.1 Å². The van der Waals surface area contributed by atoms with Crippen molar-refractivity contribution in [2.45, 2.75) is 69.4 Å². The summed E-state index contributed by atoms with van der Waals surface area (Å²) in [6.07, 6.45) is 5.32. The van der Waals surface area contributed by atoms with Crippen molar-refractivity contribution in [2.24, 2.45) is 0 Å². The molecule has 1 amide bonds. The molecule has 2 aliphatic carbocycles. The van der Waals surface area contributed by atoms with Crippen LogP contribution in [0.25, 0.3) is 21.0 Å². The number of nitrogens with zero attached hydrogens (tertiary/aromatic N) is 3. The number of oxazole rings is 1. The molecule has 1 aromatic carbocycles. The minimum Gasteiger partial charge on any atom is -0.444 e. The van der Waals surface area contributed by atoms with E-state index in [0.29, 0.717) is 28.1 Å². The summed E-state index contributed by atoms with van der Waals surface area (Å²) in [5.74, 6) is -1.03. The van der Waals surface area contributed by atoms with Gasteiger partial charge in [-0.1, -0.05) is 0 Å². The predicted octanol–water partition coefficient (Wildman–Crippen LogP) is 4.98. The molecule has 0 unspecified atom stereocenters. The van der Waals surface area contributed by atoms with Gasteiger partial charge in [0.1, 0.15) is 28.2 Å². The predicted molar refractivity (Wildman–Crippen MR) is 148 cm³/mol. The van der Waals surface area contributed by atoms with Crippen LogP contribution in [0.5, 0.6) is 5.75 Å². The first-order valence-corrected chi connectivity index (χ1v) is 14.6. The van der Waals surface area contributed by atoms with E-state index in [1.807, 2.05) is 6.92 Å². The van der Waals surface area contributed by atoms with Gasteiger partial charge in [-0.15, -0.1) is 11.3 Å². The lowest BCUT2D eigenvalue weighted by Crippen LogP contribution is -2.51. The number of benzene rings is 1. The third-order valence-electron chi connectivity index (χ3n) is 7.60. The van der Waals surface area contributed by atoms with Gasteiger partial charge < -0.3 is 9.15 Å². The number of hydrogen-bond acceptors (Lipinski definition) is 8. The monoisotopic (exact) mass is 606 g/mol. The second-order valence-corrected chi connectivity index (χ2v) is 12.9. The van der Waals surface area contributed by atoms with Gasteiger partial charge in [-0.25, -0.2) is 18.7 Å². The summed E-state index contributed by atoms with van der Waals surface area (Å²) >= 11 is 2.42. The van der Waals surface area contributed by atoms with Crippen molar-refractivity contribution in [3.8, 4) is 16.5 Å². The van der Waals surface area contributed by atoms with Crippen molar-refractivity contribution in [1.29, 1.82) is 0 Å². The summed E-state index contributed by atoms with van der Waals surface area (Å²) in [5.41, 5.74) is -2.01. The second-order valence-electron chi connectivity index (χ2n) is 10.5. The minimum atomic E-state index is -3.12. The molecule has 0 saturated heterocycles. The molecule has 41 heavy (non-hydrogen) atoms. The van der Waals surface area contributed by atoms with E-state index in [1.54, 1.807) is 6.92 Å². The Hall–Kier alpha value is -3.52. The van der Waals surface area contributed by atoms with Crippen LogP contribution in [0.1, 0.15) is 43.7 Å². The lowest BCUT2D eigenvalue weighted by Gasteiger charge is -2.21. The van der Waals surface area contributed by atoms with Crippen molar-refractivity contribution in [1.82, 2.24) is 18.8 Å². The van der Waals surface area contributed by atoms with Crippen molar-refractivity contribution < 1.29 is 27.1 Å². The molecule has 216 valence electrons. The fraction of sp³-hybridized carbons (Fsp3) is 0.407. The number of carbonyl (C=O) groups is 1. The van der Waals surface area contributed by atoms with Crippen molar-refractivity contribution >= 4 is 39.4 Å². The smallest absolute Gasteiger partial charge is 0.387 e. The Morgan fingerprint density at radius 1 is 1.27 bits per heavy atom. The van der Waals surface area contributed by atoms with Gasteiger partial charge in [0.25, 0.3) is 11.5 Å². The quantitative estimate of drug-likeness (QED) is 0.254. The Morgan fingerprint density at radius 3 is 2.66 bits per heavy atom. The van der Waals surface area contributed by atoms with Gasteiger partial charge in [0.15, 0.2) is 0 Å². The molecule has 2 saturated carbocycles. The van der Waals surface area contributed by atoms with Gasteiger partial charge in [0, 0.05) is 11.3 Å². The summed E-state index contributed by atoms with van der Waals surface area (Å²) in [6, 6.07) is 3.18. The number of ether oxygens (including phenoxy) is 1. The van der Waals surface area contributed by atoms with Gasteiger partial charge in [0.2, 0.25) is 5.89 Å². The van der Waals surface area contributed by atoms with E-state index >= 15 is 0 Å². The maximum atomic E-state index is 14.1. The third kappa shape index (κ3) is 4.96. The maximum absolute atomic E-state index is 14.1. The number of hydrogen-bond donors (Lipinski definition) is 1. The highest BCUT2D eigenvalue weighted by Crippen LogP contribution is 2.48. The Bertz CT molecular complexity index is 1770. The fourth-order valence-electron chi connectivity index (χ4n) is 4.86. The van der Waals surface area contributed by atoms with E-state index in [4.69, 9.17) is 4.42 Å². The molecule has 0 aliphatic heterocycles. The first kappa shape index (κ1) is 27.6. The number of carbonyl (C=O) groups excluding carboxylic acids is 1. The molecule has 0 spiro atoms. The van der Waals surface area contributed by atoms with E-state index in [9.17, 15) is 27.6 Å². The molecular formula is C27H25F3N4O5S2. The normalized spacial score (nSPS) is 16.7. The minimum absolute atomic E-state index is 0.0568. The molecule has 0 bridgehead atoms. The largest absolute Gasteiger partial charge is 0.444 e. The van der Waals surface area contributed by atoms with Crippen LogP contribution in [-0.4, -0.2) is 31.4 Å². The molecule has 0 atom stereocenters. The van der Waals surface area contributed by atoms with Crippen LogP contribution in [0.15, 0.2) is 44.7 Å². The van der Waals surface area contributed by atoms with E-state index in [0.717, 1.165) is 46.9 Å². The zero-order valence-corrected chi connectivity index (χ0v) is 23.7. The summed E-state index contributed by atoms with van der Waals surface area (Å²) in [7, 11) is 0. The Morgan fingerprint density at radius 2 is 2.02 bits per heavy atom. The number of fused-ring (bicyclic) bond motifs is 1. The number of rotatable bonds is 10. The number of halogens is 3.